The van der Waals surface area contributed by atoms with E-state index in [1.807, 2.05) is 11.0 Å². The number of pyridine rings is 1. The van der Waals surface area contributed by atoms with Crippen LogP contribution in [0.4, 0.5) is 0 Å². The van der Waals surface area contributed by atoms with Crippen molar-refractivity contribution in [2.75, 3.05) is 20.3 Å². The molecule has 0 spiro atoms. The number of carbonyl (C=O) groups excluding carboxylic acids is 1. The Bertz CT molecular complexity index is 459. The van der Waals surface area contributed by atoms with Gasteiger partial charge in [0.2, 0.25) is 5.91 Å². The van der Waals surface area contributed by atoms with E-state index in [9.17, 15) is 4.79 Å². The standard InChI is InChI=1S/C15H20N2O2/c1-3-14(18)17(10-11-19-2)13-8-4-6-12-7-5-9-16-15(12)13/h3,5,7,9,13H,1,4,6,8,10-11H2,2H3. The van der Waals surface area contributed by atoms with Gasteiger partial charge in [0.1, 0.15) is 0 Å². The van der Waals surface area contributed by atoms with Crippen LogP contribution in [0.2, 0.25) is 0 Å². The van der Waals surface area contributed by atoms with Gasteiger partial charge < -0.3 is 9.64 Å². The highest BCUT2D eigenvalue weighted by molar-refractivity contribution is 5.87. The van der Waals surface area contributed by atoms with Crippen LogP contribution >= 0.6 is 0 Å². The van der Waals surface area contributed by atoms with Crippen molar-refractivity contribution in [3.63, 3.8) is 0 Å². The summed E-state index contributed by atoms with van der Waals surface area (Å²) in [5.74, 6) is -0.0550. The third kappa shape index (κ3) is 3.01. The number of fused-ring (bicyclic) bond motifs is 1. The van der Waals surface area contributed by atoms with E-state index >= 15 is 0 Å². The molecule has 0 saturated heterocycles. The molecule has 4 nitrogen and oxygen atoms in total. The van der Waals surface area contributed by atoms with E-state index in [0.29, 0.717) is 13.2 Å². The zero-order valence-corrected chi connectivity index (χ0v) is 11.3. The lowest BCUT2D eigenvalue weighted by Gasteiger charge is -2.34. The van der Waals surface area contributed by atoms with Crippen molar-refractivity contribution in [2.45, 2.75) is 25.3 Å². The second-order valence-corrected chi connectivity index (χ2v) is 4.68. The van der Waals surface area contributed by atoms with Crippen LogP contribution in [0.5, 0.6) is 0 Å². The first-order valence-corrected chi connectivity index (χ1v) is 6.63. The van der Waals surface area contributed by atoms with Gasteiger partial charge in [-0.3, -0.25) is 9.78 Å². The second kappa shape index (κ2) is 6.48. The fraction of sp³-hybridized carbons (Fsp3) is 0.467. The Kier molecular flexibility index (Phi) is 4.68. The van der Waals surface area contributed by atoms with Crippen molar-refractivity contribution in [1.29, 1.82) is 0 Å². The maximum absolute atomic E-state index is 12.1. The van der Waals surface area contributed by atoms with Gasteiger partial charge >= 0.3 is 0 Å². The van der Waals surface area contributed by atoms with E-state index in [1.165, 1.54) is 11.6 Å². The molecule has 1 aliphatic rings. The average molecular weight is 260 g/mol. The van der Waals surface area contributed by atoms with Crippen LogP contribution in [-0.4, -0.2) is 36.1 Å². The predicted octanol–water partition coefficient (Wildman–Crippen LogP) is 2.12. The fourth-order valence-corrected chi connectivity index (χ4v) is 2.61. The van der Waals surface area contributed by atoms with Crippen molar-refractivity contribution in [1.82, 2.24) is 9.88 Å². The molecule has 0 radical (unpaired) electrons. The Morgan fingerprint density at radius 1 is 1.68 bits per heavy atom. The Labute approximate surface area is 114 Å². The van der Waals surface area contributed by atoms with Crippen molar-refractivity contribution >= 4 is 5.91 Å². The van der Waals surface area contributed by atoms with Crippen molar-refractivity contribution in [3.05, 3.63) is 42.2 Å². The number of hydrogen-bond acceptors (Lipinski definition) is 3. The molecule has 0 fully saturated rings. The molecule has 1 amide bonds. The molecule has 4 heteroatoms. The molecular weight excluding hydrogens is 240 g/mol. The van der Waals surface area contributed by atoms with Gasteiger partial charge in [0.15, 0.2) is 0 Å². The minimum atomic E-state index is -0.0550. The maximum atomic E-state index is 12.1. The van der Waals surface area contributed by atoms with Crippen molar-refractivity contribution < 1.29 is 9.53 Å². The monoisotopic (exact) mass is 260 g/mol. The van der Waals surface area contributed by atoms with Gasteiger partial charge in [0.25, 0.3) is 0 Å². The van der Waals surface area contributed by atoms with Gasteiger partial charge in [-0.2, -0.15) is 0 Å². The molecule has 1 aliphatic carbocycles. The van der Waals surface area contributed by atoms with Crippen LogP contribution in [0.25, 0.3) is 0 Å². The Morgan fingerprint density at radius 3 is 3.26 bits per heavy atom. The lowest BCUT2D eigenvalue weighted by molar-refractivity contribution is -0.129. The van der Waals surface area contributed by atoms with Gasteiger partial charge in [0, 0.05) is 19.9 Å². The molecule has 0 N–H and O–H groups in total. The number of carbonyl (C=O) groups is 1. The maximum Gasteiger partial charge on any atom is 0.246 e. The van der Waals surface area contributed by atoms with Crippen molar-refractivity contribution in [2.24, 2.45) is 0 Å². The lowest BCUT2D eigenvalue weighted by atomic mass is 9.90. The molecule has 1 atom stereocenters. The molecule has 0 aromatic carbocycles. The molecule has 1 aromatic rings. The summed E-state index contributed by atoms with van der Waals surface area (Å²) in [5, 5.41) is 0. The summed E-state index contributed by atoms with van der Waals surface area (Å²) >= 11 is 0. The van der Waals surface area contributed by atoms with E-state index in [-0.39, 0.29) is 11.9 Å². The molecule has 19 heavy (non-hydrogen) atoms. The van der Waals surface area contributed by atoms with Gasteiger partial charge in [-0.05, 0) is 37.0 Å². The average Bonchev–Trinajstić information content (AvgIpc) is 2.47. The molecule has 0 aliphatic heterocycles. The van der Waals surface area contributed by atoms with Crippen LogP contribution < -0.4 is 0 Å². The topological polar surface area (TPSA) is 42.4 Å². The highest BCUT2D eigenvalue weighted by Gasteiger charge is 2.28. The number of rotatable bonds is 5. The van der Waals surface area contributed by atoms with Crippen LogP contribution in [0.15, 0.2) is 31.0 Å². The predicted molar refractivity (Wildman–Crippen MR) is 73.7 cm³/mol. The first kappa shape index (κ1) is 13.7. The van der Waals surface area contributed by atoms with Crippen LogP contribution in [-0.2, 0) is 16.0 Å². The number of hydrogen-bond donors (Lipinski definition) is 0. The highest BCUT2D eigenvalue weighted by atomic mass is 16.5. The summed E-state index contributed by atoms with van der Waals surface area (Å²) < 4.78 is 5.10. The molecule has 1 aromatic heterocycles. The lowest BCUT2D eigenvalue weighted by Crippen LogP contribution is -2.38. The van der Waals surface area contributed by atoms with E-state index in [1.54, 1.807) is 13.3 Å². The molecule has 0 saturated carbocycles. The summed E-state index contributed by atoms with van der Waals surface area (Å²) in [6, 6.07) is 4.10. The SMILES string of the molecule is C=CC(=O)N(CCOC)C1CCCc2cccnc21. The van der Waals surface area contributed by atoms with Crippen LogP contribution in [0.1, 0.15) is 30.1 Å². The highest BCUT2D eigenvalue weighted by Crippen LogP contribution is 2.32. The first-order chi connectivity index (χ1) is 9.27. The zero-order valence-electron chi connectivity index (χ0n) is 11.3. The summed E-state index contributed by atoms with van der Waals surface area (Å²) in [4.78, 5) is 18.3. The van der Waals surface area contributed by atoms with E-state index < -0.39 is 0 Å². The minimum Gasteiger partial charge on any atom is -0.383 e. The van der Waals surface area contributed by atoms with E-state index in [0.717, 1.165) is 25.0 Å². The molecule has 2 rings (SSSR count). The summed E-state index contributed by atoms with van der Waals surface area (Å²) in [7, 11) is 1.64. The van der Waals surface area contributed by atoms with Gasteiger partial charge in [0.05, 0.1) is 18.3 Å². The number of aromatic nitrogens is 1. The molecule has 1 heterocycles. The molecule has 102 valence electrons. The minimum absolute atomic E-state index is 0.0469. The third-order valence-corrected chi connectivity index (χ3v) is 3.54. The van der Waals surface area contributed by atoms with Gasteiger partial charge in [-0.1, -0.05) is 12.6 Å². The van der Waals surface area contributed by atoms with Crippen LogP contribution in [0, 0.1) is 0 Å². The zero-order chi connectivity index (χ0) is 13.7. The largest absolute Gasteiger partial charge is 0.383 e. The Hall–Kier alpha value is -1.68. The smallest absolute Gasteiger partial charge is 0.246 e. The second-order valence-electron chi connectivity index (χ2n) is 4.68. The summed E-state index contributed by atoms with van der Waals surface area (Å²) in [5.41, 5.74) is 2.28. The number of nitrogens with zero attached hydrogens (tertiary/aromatic N) is 2. The summed E-state index contributed by atoms with van der Waals surface area (Å²) in [6.45, 7) is 4.69. The van der Waals surface area contributed by atoms with Crippen LogP contribution in [0.3, 0.4) is 0 Å². The quantitative estimate of drug-likeness (QED) is 0.762. The van der Waals surface area contributed by atoms with E-state index in [4.69, 9.17) is 4.74 Å². The third-order valence-electron chi connectivity index (χ3n) is 3.54. The number of ether oxygens (including phenoxy) is 1. The van der Waals surface area contributed by atoms with Crippen molar-refractivity contribution in [3.8, 4) is 0 Å². The Balaban J connectivity index is 2.27. The molecular formula is C15H20N2O2. The van der Waals surface area contributed by atoms with E-state index in [2.05, 4.69) is 17.6 Å². The molecule has 0 bridgehead atoms. The van der Waals surface area contributed by atoms with Gasteiger partial charge in [-0.25, -0.2) is 0 Å². The number of amides is 1. The molecule has 1 unspecified atom stereocenters. The Morgan fingerprint density at radius 2 is 2.53 bits per heavy atom. The summed E-state index contributed by atoms with van der Waals surface area (Å²) in [6.07, 6.45) is 6.24. The first-order valence-electron chi connectivity index (χ1n) is 6.63. The number of aryl methyl sites for hydroxylation is 1. The number of methoxy groups -OCH3 is 1. The van der Waals surface area contributed by atoms with Gasteiger partial charge in [-0.15, -0.1) is 0 Å². The normalized spacial score (nSPS) is 17.6. The fourth-order valence-electron chi connectivity index (χ4n) is 2.61.